The number of quaternary nitrogens is 1. The summed E-state index contributed by atoms with van der Waals surface area (Å²) < 4.78 is 0. The number of benzene rings is 3. The fourth-order valence-electron chi connectivity index (χ4n) is 2.78. The summed E-state index contributed by atoms with van der Waals surface area (Å²) in [4.78, 5) is 40.0. The van der Waals surface area contributed by atoms with E-state index in [1.165, 1.54) is 6.20 Å². The molecular weight excluding hydrogens is 2380 g/mol. The van der Waals surface area contributed by atoms with Crippen LogP contribution in [0.1, 0.15) is 61.4 Å². The largest absolute Gasteiger partial charge is 0.369 e. The second-order valence-electron chi connectivity index (χ2n) is 8.00. The van der Waals surface area contributed by atoms with Gasteiger partial charge in [-0.3, -0.25) is 14.7 Å². The van der Waals surface area contributed by atoms with E-state index >= 15 is 0 Å². The van der Waals surface area contributed by atoms with E-state index in [1.807, 2.05) is 91.0 Å². The van der Waals surface area contributed by atoms with Crippen LogP contribution in [0.2, 0.25) is 0 Å². The number of rotatable bonds is 5. The molecule has 0 fully saturated rings. The van der Waals surface area contributed by atoms with Crippen LogP contribution in [0.5, 0.6) is 0 Å². The number of hydrogen-bond acceptors (Lipinski definition) is 6. The number of Topliss-reactive ketones (excluding diaryl/α,β-unsaturated/α-hetero) is 1. The average molecular weight is 2440 g/mol. The first kappa shape index (κ1) is 109. The van der Waals surface area contributed by atoms with E-state index in [0.29, 0.717) is 15.0 Å². The summed E-state index contributed by atoms with van der Waals surface area (Å²) in [6.45, 7) is 13.4. The number of halogens is 9. The summed E-state index contributed by atoms with van der Waals surface area (Å²) in [7, 11) is 0.628. The second kappa shape index (κ2) is 84.2. The SMILES string of the molecule is C.C/C(=N\NC(N)=O)c1ccccc1.CC(=O)c1ccccc1.NC(N)=O.O=Cc1cn[nH]c1-c1ccccc1.[CH2-]C.[CH2-]C.[CH3-].[CH3-].[CH3-].[CH3-].[Cl-].[I][V]([I])[I].[I][V]([I])[I].[I][V][I].[NH4+].[W].[W].[W]. The summed E-state index contributed by atoms with van der Waals surface area (Å²) in [5, 5.41) is 10.4. The zero-order valence-electron chi connectivity index (χ0n) is 36.0. The van der Waals surface area contributed by atoms with E-state index in [1.54, 1.807) is 27.7 Å². The molecular formula is C37H61ClI8N8O4V3W3-6. The molecule has 4 rings (SSSR count). The zero-order valence-corrected chi connectivity index (χ0v) is 67.0. The molecule has 64 heavy (non-hydrogen) atoms. The predicted molar refractivity (Wildman–Crippen MR) is 324 cm³/mol. The number of aromatic nitrogens is 2. The van der Waals surface area contributed by atoms with Crippen LogP contribution < -0.4 is 41.2 Å². The normalized spacial score (nSPS) is 7.41. The molecule has 0 aliphatic rings. The van der Waals surface area contributed by atoms with Crippen molar-refractivity contribution in [2.45, 2.75) is 35.1 Å². The van der Waals surface area contributed by atoms with Crippen molar-refractivity contribution in [1.29, 1.82) is 0 Å². The topological polar surface area (TPSA) is 236 Å². The van der Waals surface area contributed by atoms with Crippen molar-refractivity contribution >= 4 is 190 Å². The number of ketones is 1. The molecule has 0 bridgehead atoms. The van der Waals surface area contributed by atoms with Crippen LogP contribution >= 0.6 is 160 Å². The number of carbonyl (C=O) groups is 4. The first-order valence-electron chi connectivity index (χ1n) is 14.2. The van der Waals surface area contributed by atoms with Gasteiger partial charge in [0, 0.05) is 74.3 Å². The van der Waals surface area contributed by atoms with Gasteiger partial charge < -0.3 is 79.3 Å². The van der Waals surface area contributed by atoms with Gasteiger partial charge in [-0.05, 0) is 19.4 Å². The van der Waals surface area contributed by atoms with Crippen molar-refractivity contribution in [2.75, 3.05) is 0 Å². The van der Waals surface area contributed by atoms with Gasteiger partial charge in [-0.2, -0.15) is 24.0 Å². The molecule has 12 nitrogen and oxygen atoms in total. The van der Waals surface area contributed by atoms with Gasteiger partial charge >= 0.3 is 191 Å². The van der Waals surface area contributed by atoms with Gasteiger partial charge in [0.2, 0.25) is 0 Å². The Hall–Kier alpha value is 4.33. The third kappa shape index (κ3) is 86.1. The third-order valence-corrected chi connectivity index (χ3v) is 4.56. The minimum absolute atomic E-state index is 0. The molecule has 0 atom stereocenters. The number of amides is 4. The molecule has 0 radical (unpaired) electrons. The van der Waals surface area contributed by atoms with Crippen molar-refractivity contribution in [3.05, 3.63) is 157 Å². The Morgan fingerprint density at radius 3 is 1.23 bits per heavy atom. The fourth-order valence-corrected chi connectivity index (χ4v) is 2.78. The first-order chi connectivity index (χ1) is 25.5. The summed E-state index contributed by atoms with van der Waals surface area (Å²) in [5.41, 5.74) is 20.3. The molecule has 4 aromatic rings. The van der Waals surface area contributed by atoms with Crippen molar-refractivity contribution in [3.63, 3.8) is 0 Å². The molecule has 27 heteroatoms. The average Bonchev–Trinajstić information content (AvgIpc) is 3.63. The number of hydrazone groups is 1. The van der Waals surface area contributed by atoms with Crippen LogP contribution in [0.15, 0.2) is 102 Å². The summed E-state index contributed by atoms with van der Waals surface area (Å²) in [6.07, 6.45) is 2.32. The minimum atomic E-state index is -0.833. The molecule has 0 spiro atoms. The Morgan fingerprint density at radius 2 is 0.984 bits per heavy atom. The maximum atomic E-state index is 10.6. The Bertz CT molecular complexity index is 1520. The molecule has 0 unspecified atom stereocenters. The van der Waals surface area contributed by atoms with Gasteiger partial charge in [0.25, 0.3) is 0 Å². The van der Waals surface area contributed by atoms with Crippen molar-refractivity contribution < 1.29 is 114 Å². The Balaban J connectivity index is -0.0000000342. The second-order valence-corrected chi connectivity index (χ2v) is 90.5. The Morgan fingerprint density at radius 1 is 0.703 bits per heavy atom. The molecule has 3 aromatic carbocycles. The van der Waals surface area contributed by atoms with Crippen LogP contribution in [0, 0.1) is 43.6 Å². The number of aldehydes is 1. The molecule has 375 valence electrons. The van der Waals surface area contributed by atoms with E-state index in [-0.39, 0.29) is 135 Å². The summed E-state index contributed by atoms with van der Waals surface area (Å²) in [5.74, 6) is 0.121. The molecule has 1 aromatic heterocycles. The van der Waals surface area contributed by atoms with Crippen molar-refractivity contribution in [2.24, 2.45) is 22.3 Å². The summed E-state index contributed by atoms with van der Waals surface area (Å²) in [6, 6.07) is 26.9. The Kier molecular flexibility index (Phi) is 143. The van der Waals surface area contributed by atoms with Crippen molar-refractivity contribution in [3.8, 4) is 11.3 Å². The Labute approximate surface area is 540 Å². The van der Waals surface area contributed by atoms with E-state index in [2.05, 4.69) is 206 Å². The number of hydrogen-bond donors (Lipinski definition) is 6. The molecule has 1 heterocycles. The number of primary amides is 3. The van der Waals surface area contributed by atoms with E-state index < -0.39 is 12.1 Å². The van der Waals surface area contributed by atoms with E-state index in [4.69, 9.17) is 10.5 Å². The molecule has 0 aliphatic carbocycles. The molecule has 0 saturated carbocycles. The number of carbonyl (C=O) groups excluding carboxylic acids is 4. The van der Waals surface area contributed by atoms with E-state index in [9.17, 15) is 14.4 Å². The number of H-pyrrole nitrogens is 1. The quantitative estimate of drug-likeness (QED) is 0.0285. The maximum absolute atomic E-state index is 10.6. The smallest absolute Gasteiger partial charge is 0 e. The third-order valence-electron chi connectivity index (χ3n) is 4.56. The molecule has 12 N–H and O–H groups in total. The van der Waals surface area contributed by atoms with Gasteiger partial charge in [-0.15, -0.1) is 0 Å². The zero-order chi connectivity index (χ0) is 42.9. The van der Waals surface area contributed by atoms with Crippen LogP contribution in [0.25, 0.3) is 11.3 Å². The number of nitrogens with zero attached hydrogens (tertiary/aromatic N) is 2. The standard InChI is InChI=1S/C10H8N2O.C9H11N3O.C8H8O.2C2H5.CH4N2O.CH4.4CH3.ClH.8HI.H3N.3V.3W/c13-7-9-6-11-12-10(9)8-4-2-1-3-5-8;1-7(11-12-9(10)13)8-5-3-2-4-6-8;1-7(9)8-5-3-2-4-6-8;2*1-2;2-1(3)4;;;;;;;;;;;;;;;;;;;;;/h1-7H,(H,11,12);2-6H,1H3,(H3,10,12,13);2-6H,1H3;2*1H2,2H3;(H4,2,3,4);1H4;4*1H3;9*1H;1H3;;;;;;/q;;;2*-1;;;4*-1;;;;;;;;;;;+2;2*+3;;;/p-8/b;11-7+;;;;;;;;;;;;;;;;;;;;;;;;;. The van der Waals surface area contributed by atoms with Crippen LogP contribution in [-0.4, -0.2) is 40.0 Å². The van der Waals surface area contributed by atoms with E-state index in [0.717, 1.165) is 34.4 Å². The van der Waals surface area contributed by atoms with Gasteiger partial charge in [-0.1, -0.05) is 98.4 Å². The van der Waals surface area contributed by atoms with Crippen LogP contribution in [0.3, 0.4) is 0 Å². The molecule has 4 amide bonds. The molecule has 0 aliphatic heterocycles. The van der Waals surface area contributed by atoms with Gasteiger partial charge in [0.15, 0.2) is 12.1 Å². The first-order valence-corrected chi connectivity index (χ1v) is 50.3. The molecule has 0 saturated heterocycles. The number of nitrogens with two attached hydrogens (primary N) is 3. The summed E-state index contributed by atoms with van der Waals surface area (Å²) >= 11 is 19.5. The number of aromatic amines is 1. The van der Waals surface area contributed by atoms with Crippen molar-refractivity contribution in [1.82, 2.24) is 21.8 Å². The number of nitrogens with one attached hydrogen (secondary N) is 2. The van der Waals surface area contributed by atoms with Crippen LogP contribution in [0.4, 0.5) is 9.59 Å². The monoisotopic (exact) mass is 2440 g/mol. The predicted octanol–water partition coefficient (Wildman–Crippen LogP) is 12.4. The fraction of sp³-hybridized carbons (Fsp3) is 0.135. The van der Waals surface area contributed by atoms with Gasteiger partial charge in [0.1, 0.15) is 0 Å². The minimum Gasteiger partial charge on any atom is -0.369 e. The number of urea groups is 2. The van der Waals surface area contributed by atoms with Gasteiger partial charge in [0.05, 0.1) is 23.2 Å². The van der Waals surface area contributed by atoms with Crippen LogP contribution in [-0.2, 0) is 82.5 Å². The van der Waals surface area contributed by atoms with Gasteiger partial charge in [-0.25, -0.2) is 15.0 Å². The maximum Gasteiger partial charge on any atom is 0 e.